The molecule has 0 saturated heterocycles. The molecule has 1 N–H and O–H groups in total. The van der Waals surface area contributed by atoms with E-state index in [4.69, 9.17) is 5.11 Å². The van der Waals surface area contributed by atoms with Crippen LogP contribution in [0.15, 0.2) is 5.38 Å². The van der Waals surface area contributed by atoms with Crippen molar-refractivity contribution in [3.8, 4) is 11.5 Å². The molecule has 2 heterocycles. The van der Waals surface area contributed by atoms with E-state index in [1.165, 1.54) is 11.3 Å². The Bertz CT molecular complexity index is 604. The molecular formula is C11H13N5O2S. The van der Waals surface area contributed by atoms with Crippen LogP contribution in [-0.4, -0.2) is 36.3 Å². The lowest BCUT2D eigenvalue weighted by Crippen LogP contribution is -2.18. The van der Waals surface area contributed by atoms with Crippen molar-refractivity contribution in [1.29, 1.82) is 0 Å². The largest absolute Gasteiger partial charge is 0.481 e. The number of carboxylic acids is 1. The lowest BCUT2D eigenvalue weighted by Gasteiger charge is -2.14. The molecule has 100 valence electrons. The summed E-state index contributed by atoms with van der Waals surface area (Å²) in [5, 5.41) is 23.5. The summed E-state index contributed by atoms with van der Waals surface area (Å²) < 4.78 is 1.63. The summed E-state index contributed by atoms with van der Waals surface area (Å²) in [6.45, 7) is 1.91. The highest BCUT2D eigenvalue weighted by atomic mass is 32.1. The zero-order chi connectivity index (χ0) is 13.4. The van der Waals surface area contributed by atoms with Crippen molar-refractivity contribution in [2.24, 2.45) is 5.92 Å². The van der Waals surface area contributed by atoms with Gasteiger partial charge in [-0.1, -0.05) is 0 Å². The van der Waals surface area contributed by atoms with Gasteiger partial charge >= 0.3 is 5.97 Å². The minimum absolute atomic E-state index is 0.0474. The molecule has 2 aromatic heterocycles. The van der Waals surface area contributed by atoms with Crippen molar-refractivity contribution in [1.82, 2.24) is 25.2 Å². The van der Waals surface area contributed by atoms with Gasteiger partial charge in [0.15, 0.2) is 0 Å². The lowest BCUT2D eigenvalue weighted by atomic mass is 10.1. The molecule has 8 heteroatoms. The monoisotopic (exact) mass is 279 g/mol. The number of rotatable bonds is 5. The first-order valence-corrected chi connectivity index (χ1v) is 6.95. The molecule has 0 radical (unpaired) electrons. The van der Waals surface area contributed by atoms with Gasteiger partial charge in [0.05, 0.1) is 17.5 Å². The molecule has 1 atom stereocenters. The third-order valence-corrected chi connectivity index (χ3v) is 3.98. The highest BCUT2D eigenvalue weighted by Crippen LogP contribution is 2.42. The van der Waals surface area contributed by atoms with E-state index in [1.54, 1.807) is 4.68 Å². The summed E-state index contributed by atoms with van der Waals surface area (Å²) in [7, 11) is 0. The van der Waals surface area contributed by atoms with Crippen LogP contribution in [0.1, 0.15) is 30.3 Å². The number of hydrogen-bond donors (Lipinski definition) is 1. The molecule has 0 amide bonds. The van der Waals surface area contributed by atoms with Gasteiger partial charge in [0.2, 0.25) is 5.82 Å². The fraction of sp³-hybridized carbons (Fsp3) is 0.545. The minimum Gasteiger partial charge on any atom is -0.481 e. The van der Waals surface area contributed by atoms with Crippen LogP contribution in [0.2, 0.25) is 0 Å². The van der Waals surface area contributed by atoms with Crippen molar-refractivity contribution >= 4 is 17.3 Å². The van der Waals surface area contributed by atoms with Gasteiger partial charge in [-0.15, -0.1) is 16.4 Å². The number of aromatic nitrogens is 5. The molecule has 3 rings (SSSR count). The summed E-state index contributed by atoms with van der Waals surface area (Å²) in [6.07, 6.45) is 2.12. The van der Waals surface area contributed by atoms with E-state index >= 15 is 0 Å². The van der Waals surface area contributed by atoms with Crippen LogP contribution in [0.4, 0.5) is 0 Å². The molecule has 1 aliphatic carbocycles. The Morgan fingerprint density at radius 2 is 2.42 bits per heavy atom. The summed E-state index contributed by atoms with van der Waals surface area (Å²) in [5.41, 5.74) is 0.712. The highest BCUT2D eigenvalue weighted by Gasteiger charge is 2.36. The van der Waals surface area contributed by atoms with E-state index in [0.29, 0.717) is 17.4 Å². The van der Waals surface area contributed by atoms with Crippen LogP contribution >= 0.6 is 11.3 Å². The second kappa shape index (κ2) is 4.69. The second-order valence-corrected chi connectivity index (χ2v) is 5.76. The van der Waals surface area contributed by atoms with Crippen molar-refractivity contribution < 1.29 is 9.90 Å². The Balaban J connectivity index is 1.95. The maximum atomic E-state index is 11.0. The number of nitrogens with zero attached hydrogens (tertiary/aromatic N) is 5. The number of tetrazole rings is 1. The maximum Gasteiger partial charge on any atom is 0.305 e. The third-order valence-electron chi connectivity index (χ3n) is 3.20. The van der Waals surface area contributed by atoms with Gasteiger partial charge in [-0.2, -0.15) is 0 Å². The smallest absolute Gasteiger partial charge is 0.305 e. The third kappa shape index (κ3) is 2.48. The van der Waals surface area contributed by atoms with Gasteiger partial charge in [0, 0.05) is 5.38 Å². The van der Waals surface area contributed by atoms with Crippen LogP contribution in [0.5, 0.6) is 0 Å². The summed E-state index contributed by atoms with van der Waals surface area (Å²) in [5.74, 6) is 0.0911. The van der Waals surface area contributed by atoms with Crippen LogP contribution in [-0.2, 0) is 4.79 Å². The molecule has 19 heavy (non-hydrogen) atoms. The van der Waals surface area contributed by atoms with Crippen molar-refractivity contribution in [3.05, 3.63) is 10.4 Å². The second-order valence-electron chi connectivity index (χ2n) is 4.70. The van der Waals surface area contributed by atoms with E-state index in [1.807, 2.05) is 12.3 Å². The molecule has 2 aromatic rings. The molecule has 0 spiro atoms. The van der Waals surface area contributed by atoms with Crippen molar-refractivity contribution in [3.63, 3.8) is 0 Å². The van der Waals surface area contributed by atoms with Crippen molar-refractivity contribution in [2.45, 2.75) is 32.2 Å². The zero-order valence-corrected chi connectivity index (χ0v) is 11.2. The van der Waals surface area contributed by atoms with Gasteiger partial charge in [-0.25, -0.2) is 9.67 Å². The first-order chi connectivity index (χ1) is 9.15. The van der Waals surface area contributed by atoms with Gasteiger partial charge in [0.25, 0.3) is 0 Å². The lowest BCUT2D eigenvalue weighted by molar-refractivity contribution is -0.138. The number of thiazole rings is 1. The predicted octanol–water partition coefficient (Wildman–Crippen LogP) is 1.53. The SMILES string of the molecule is Cc1nc(-c2nnnn2C(CC(=O)O)C2CC2)cs1. The normalized spacial score (nSPS) is 16.5. The van der Waals surface area contributed by atoms with E-state index in [0.717, 1.165) is 17.8 Å². The molecule has 1 aliphatic rings. The molecule has 1 saturated carbocycles. The standard InChI is InChI=1S/C11H13N5O2S/c1-6-12-8(5-19-6)11-13-14-15-16(11)9(4-10(17)18)7-2-3-7/h5,7,9H,2-4H2,1H3,(H,17,18). The fourth-order valence-electron chi connectivity index (χ4n) is 2.16. The number of aliphatic carboxylic acids is 1. The molecular weight excluding hydrogens is 266 g/mol. The summed E-state index contributed by atoms with van der Waals surface area (Å²) >= 11 is 1.52. The van der Waals surface area contributed by atoms with Gasteiger partial charge in [0.1, 0.15) is 5.69 Å². The highest BCUT2D eigenvalue weighted by molar-refractivity contribution is 7.09. The summed E-state index contributed by atoms with van der Waals surface area (Å²) in [6, 6.07) is -0.176. The van der Waals surface area contributed by atoms with E-state index in [2.05, 4.69) is 20.5 Å². The van der Waals surface area contributed by atoms with Gasteiger partial charge < -0.3 is 5.11 Å². The average molecular weight is 279 g/mol. The van der Waals surface area contributed by atoms with Crippen molar-refractivity contribution in [2.75, 3.05) is 0 Å². The van der Waals surface area contributed by atoms with Crippen LogP contribution < -0.4 is 0 Å². The zero-order valence-electron chi connectivity index (χ0n) is 10.4. The molecule has 0 bridgehead atoms. The molecule has 1 fully saturated rings. The number of hydrogen-bond acceptors (Lipinski definition) is 6. The predicted molar refractivity (Wildman–Crippen MR) is 67.7 cm³/mol. The molecule has 0 aliphatic heterocycles. The quantitative estimate of drug-likeness (QED) is 0.892. The number of aryl methyl sites for hydroxylation is 1. The Kier molecular flexibility index (Phi) is 3.02. The van der Waals surface area contributed by atoms with Crippen LogP contribution in [0.25, 0.3) is 11.5 Å². The van der Waals surface area contributed by atoms with E-state index in [9.17, 15) is 4.79 Å². The maximum absolute atomic E-state index is 11.0. The average Bonchev–Trinajstić information content (AvgIpc) is 2.92. The Morgan fingerprint density at radius 3 is 3.00 bits per heavy atom. The van der Waals surface area contributed by atoms with E-state index in [-0.39, 0.29) is 12.5 Å². The Hall–Kier alpha value is -1.83. The van der Waals surface area contributed by atoms with Crippen LogP contribution in [0.3, 0.4) is 0 Å². The Labute approximate surface area is 113 Å². The van der Waals surface area contributed by atoms with E-state index < -0.39 is 5.97 Å². The topological polar surface area (TPSA) is 93.8 Å². The molecule has 7 nitrogen and oxygen atoms in total. The fourth-order valence-corrected chi connectivity index (χ4v) is 2.76. The summed E-state index contributed by atoms with van der Waals surface area (Å²) in [4.78, 5) is 15.4. The van der Waals surface area contributed by atoms with Gasteiger partial charge in [-0.05, 0) is 36.1 Å². The number of carbonyl (C=O) groups is 1. The Morgan fingerprint density at radius 1 is 1.63 bits per heavy atom. The molecule has 0 aromatic carbocycles. The van der Waals surface area contributed by atoms with Crippen LogP contribution in [0, 0.1) is 12.8 Å². The minimum atomic E-state index is -0.826. The number of carboxylic acid groups (broad SMARTS) is 1. The first kappa shape index (κ1) is 12.2. The van der Waals surface area contributed by atoms with Gasteiger partial charge in [-0.3, -0.25) is 4.79 Å². The molecule has 1 unspecified atom stereocenters. The first-order valence-electron chi connectivity index (χ1n) is 6.07.